The van der Waals surface area contributed by atoms with Gasteiger partial charge in [-0.1, -0.05) is 6.92 Å². The molecule has 1 aliphatic heterocycles. The molecule has 0 aromatic heterocycles. The summed E-state index contributed by atoms with van der Waals surface area (Å²) in [5.74, 6) is 0.285. The van der Waals surface area contributed by atoms with E-state index in [0.717, 1.165) is 52.2 Å². The number of carbonyl (C=O) groups excluding carboxylic acids is 1. The quantitative estimate of drug-likeness (QED) is 0.711. The number of amides is 1. The SMILES string of the molecule is CCN(CCCN(C)C)C(C)C(=O)N1CCNCC1. The van der Waals surface area contributed by atoms with E-state index >= 15 is 0 Å². The molecule has 0 spiro atoms. The first-order chi connectivity index (χ1) is 9.06. The summed E-state index contributed by atoms with van der Waals surface area (Å²) in [6, 6.07) is 0.00487. The Labute approximate surface area is 117 Å². The van der Waals surface area contributed by atoms with Gasteiger partial charge in [-0.25, -0.2) is 0 Å². The van der Waals surface area contributed by atoms with E-state index in [1.807, 2.05) is 11.8 Å². The van der Waals surface area contributed by atoms with Gasteiger partial charge in [-0.3, -0.25) is 9.69 Å². The second-order valence-corrected chi connectivity index (χ2v) is 5.54. The highest BCUT2D eigenvalue weighted by atomic mass is 16.2. The zero-order chi connectivity index (χ0) is 14.3. The Morgan fingerprint density at radius 3 is 2.42 bits per heavy atom. The molecule has 112 valence electrons. The summed E-state index contributed by atoms with van der Waals surface area (Å²) in [6.45, 7) is 10.7. The maximum absolute atomic E-state index is 12.4. The summed E-state index contributed by atoms with van der Waals surface area (Å²) in [5.41, 5.74) is 0. The van der Waals surface area contributed by atoms with Gasteiger partial charge in [0.05, 0.1) is 6.04 Å². The minimum atomic E-state index is 0.00487. The molecule has 1 amide bonds. The van der Waals surface area contributed by atoms with Gasteiger partial charge in [-0.05, 0) is 40.5 Å². The molecular formula is C14H30N4O. The maximum atomic E-state index is 12.4. The number of piperazine rings is 1. The molecule has 19 heavy (non-hydrogen) atoms. The average molecular weight is 270 g/mol. The summed E-state index contributed by atoms with van der Waals surface area (Å²) in [7, 11) is 4.18. The first-order valence-electron chi connectivity index (χ1n) is 7.44. The average Bonchev–Trinajstić information content (AvgIpc) is 2.43. The molecule has 1 rings (SSSR count). The van der Waals surface area contributed by atoms with Crippen molar-refractivity contribution in [2.75, 3.05) is 59.9 Å². The molecule has 1 N–H and O–H groups in total. The van der Waals surface area contributed by atoms with Crippen molar-refractivity contribution in [3.8, 4) is 0 Å². The first kappa shape index (κ1) is 16.4. The largest absolute Gasteiger partial charge is 0.339 e. The van der Waals surface area contributed by atoms with Gasteiger partial charge in [0.2, 0.25) is 5.91 Å². The molecule has 1 saturated heterocycles. The van der Waals surface area contributed by atoms with Crippen molar-refractivity contribution in [2.24, 2.45) is 0 Å². The molecule has 0 saturated carbocycles. The van der Waals surface area contributed by atoms with Crippen LogP contribution in [0.4, 0.5) is 0 Å². The fourth-order valence-corrected chi connectivity index (χ4v) is 2.52. The molecule has 1 heterocycles. The van der Waals surface area contributed by atoms with E-state index in [-0.39, 0.29) is 11.9 Å². The van der Waals surface area contributed by atoms with Crippen LogP contribution in [0, 0.1) is 0 Å². The van der Waals surface area contributed by atoms with Crippen molar-refractivity contribution in [3.05, 3.63) is 0 Å². The van der Waals surface area contributed by atoms with Gasteiger partial charge >= 0.3 is 0 Å². The summed E-state index contributed by atoms with van der Waals surface area (Å²) < 4.78 is 0. The predicted molar refractivity (Wildman–Crippen MR) is 79.3 cm³/mol. The summed E-state index contributed by atoms with van der Waals surface area (Å²) in [6.07, 6.45) is 1.11. The first-order valence-corrected chi connectivity index (χ1v) is 7.44. The number of hydrogen-bond donors (Lipinski definition) is 1. The Bertz CT molecular complexity index is 264. The highest BCUT2D eigenvalue weighted by molar-refractivity contribution is 5.81. The molecule has 0 aromatic rings. The molecule has 0 bridgehead atoms. The predicted octanol–water partition coefficient (Wildman–Crippen LogP) is 0.0803. The lowest BCUT2D eigenvalue weighted by atomic mass is 10.2. The van der Waals surface area contributed by atoms with Crippen LogP contribution in [0.3, 0.4) is 0 Å². The maximum Gasteiger partial charge on any atom is 0.239 e. The number of nitrogens with zero attached hydrogens (tertiary/aromatic N) is 3. The van der Waals surface area contributed by atoms with Crippen LogP contribution < -0.4 is 5.32 Å². The van der Waals surface area contributed by atoms with Gasteiger partial charge in [0, 0.05) is 32.7 Å². The Hall–Kier alpha value is -0.650. The van der Waals surface area contributed by atoms with Crippen LogP contribution in [-0.2, 0) is 4.79 Å². The van der Waals surface area contributed by atoms with Crippen LogP contribution in [0.25, 0.3) is 0 Å². The van der Waals surface area contributed by atoms with Gasteiger partial charge in [-0.15, -0.1) is 0 Å². The standard InChI is InChI=1S/C14H30N4O/c1-5-17(10-6-9-16(3)4)13(2)14(19)18-11-7-15-8-12-18/h13,15H,5-12H2,1-4H3. The van der Waals surface area contributed by atoms with Crippen molar-refractivity contribution >= 4 is 5.91 Å². The molecular weight excluding hydrogens is 240 g/mol. The number of nitrogens with one attached hydrogen (secondary N) is 1. The third kappa shape index (κ3) is 5.47. The summed E-state index contributed by atoms with van der Waals surface area (Å²) >= 11 is 0. The number of carbonyl (C=O) groups is 1. The Kier molecular flexibility index (Phi) is 7.34. The molecule has 1 atom stereocenters. The highest BCUT2D eigenvalue weighted by Crippen LogP contribution is 2.06. The van der Waals surface area contributed by atoms with Crippen molar-refractivity contribution in [2.45, 2.75) is 26.3 Å². The van der Waals surface area contributed by atoms with Crippen molar-refractivity contribution < 1.29 is 4.79 Å². The Morgan fingerprint density at radius 2 is 1.89 bits per heavy atom. The van der Waals surface area contributed by atoms with E-state index in [9.17, 15) is 4.79 Å². The third-order valence-electron chi connectivity index (χ3n) is 3.79. The minimum Gasteiger partial charge on any atom is -0.339 e. The van der Waals surface area contributed by atoms with Crippen molar-refractivity contribution in [1.29, 1.82) is 0 Å². The molecule has 1 unspecified atom stereocenters. The summed E-state index contributed by atoms with van der Waals surface area (Å²) in [5, 5.41) is 3.29. The van der Waals surface area contributed by atoms with Gasteiger partial charge in [0.1, 0.15) is 0 Å². The number of likely N-dealkylation sites (N-methyl/N-ethyl adjacent to an activating group) is 1. The van der Waals surface area contributed by atoms with Crippen molar-refractivity contribution in [3.63, 3.8) is 0 Å². The van der Waals surface area contributed by atoms with E-state index in [1.165, 1.54) is 0 Å². The fraction of sp³-hybridized carbons (Fsp3) is 0.929. The van der Waals surface area contributed by atoms with Crippen LogP contribution >= 0.6 is 0 Å². The number of hydrogen-bond acceptors (Lipinski definition) is 4. The fourth-order valence-electron chi connectivity index (χ4n) is 2.52. The second-order valence-electron chi connectivity index (χ2n) is 5.54. The van der Waals surface area contributed by atoms with Gasteiger partial charge < -0.3 is 15.1 Å². The molecule has 5 heteroatoms. The van der Waals surface area contributed by atoms with E-state index in [2.05, 4.69) is 36.1 Å². The van der Waals surface area contributed by atoms with Crippen LogP contribution in [0.5, 0.6) is 0 Å². The molecule has 0 radical (unpaired) electrons. The monoisotopic (exact) mass is 270 g/mol. The van der Waals surface area contributed by atoms with Crippen LogP contribution in [-0.4, -0.2) is 86.6 Å². The van der Waals surface area contributed by atoms with Gasteiger partial charge in [0.15, 0.2) is 0 Å². The molecule has 0 aromatic carbocycles. The van der Waals surface area contributed by atoms with E-state index in [0.29, 0.717) is 0 Å². The highest BCUT2D eigenvalue weighted by Gasteiger charge is 2.25. The molecule has 5 nitrogen and oxygen atoms in total. The number of rotatable bonds is 7. The normalized spacial score (nSPS) is 18.1. The lowest BCUT2D eigenvalue weighted by Gasteiger charge is -2.34. The van der Waals surface area contributed by atoms with Crippen LogP contribution in [0.2, 0.25) is 0 Å². The zero-order valence-corrected chi connectivity index (χ0v) is 13.0. The van der Waals surface area contributed by atoms with Gasteiger partial charge in [-0.2, -0.15) is 0 Å². The van der Waals surface area contributed by atoms with Crippen molar-refractivity contribution in [1.82, 2.24) is 20.0 Å². The smallest absolute Gasteiger partial charge is 0.239 e. The second kappa shape index (κ2) is 8.51. The van der Waals surface area contributed by atoms with E-state index in [4.69, 9.17) is 0 Å². The van der Waals surface area contributed by atoms with Crippen LogP contribution in [0.15, 0.2) is 0 Å². The minimum absolute atomic E-state index is 0.00487. The topological polar surface area (TPSA) is 38.8 Å². The van der Waals surface area contributed by atoms with E-state index < -0.39 is 0 Å². The Morgan fingerprint density at radius 1 is 1.26 bits per heavy atom. The molecule has 1 fully saturated rings. The Balaban J connectivity index is 2.42. The summed E-state index contributed by atoms with van der Waals surface area (Å²) in [4.78, 5) is 18.9. The van der Waals surface area contributed by atoms with E-state index in [1.54, 1.807) is 0 Å². The lowest BCUT2D eigenvalue weighted by Crippen LogP contribution is -2.53. The van der Waals surface area contributed by atoms with Gasteiger partial charge in [0.25, 0.3) is 0 Å². The lowest BCUT2D eigenvalue weighted by molar-refractivity contribution is -0.137. The molecule has 0 aliphatic carbocycles. The third-order valence-corrected chi connectivity index (χ3v) is 3.79. The molecule has 1 aliphatic rings. The van der Waals surface area contributed by atoms with Crippen LogP contribution in [0.1, 0.15) is 20.3 Å². The zero-order valence-electron chi connectivity index (χ0n) is 13.0.